The van der Waals surface area contributed by atoms with Gasteiger partial charge in [-0.15, -0.1) is 22.0 Å². The maximum absolute atomic E-state index is 10.9. The highest BCUT2D eigenvalue weighted by atomic mass is 35.5. The molecule has 4 nitrogen and oxygen atoms in total. The first kappa shape index (κ1) is 13.0. The van der Waals surface area contributed by atoms with Gasteiger partial charge in [0.05, 0.1) is 5.75 Å². The summed E-state index contributed by atoms with van der Waals surface area (Å²) in [5.74, 6) is 0.508. The highest BCUT2D eigenvalue weighted by Crippen LogP contribution is 2.26. The highest BCUT2D eigenvalue weighted by Gasteiger charge is 2.07. The standard InChI is InChI=1S/C7H8Cl2N2O2S2/c1-15(12,13)3-2-14-5-4-6(8)10-11-7(5)9/h4H,2-3H2,1H3. The monoisotopic (exact) mass is 286 g/mol. The van der Waals surface area contributed by atoms with Crippen LogP contribution in [0.5, 0.6) is 0 Å². The first-order chi connectivity index (χ1) is 6.88. The maximum atomic E-state index is 10.9. The van der Waals surface area contributed by atoms with E-state index in [1.165, 1.54) is 18.0 Å². The predicted molar refractivity (Wildman–Crippen MR) is 62.5 cm³/mol. The smallest absolute Gasteiger partial charge is 0.165 e. The van der Waals surface area contributed by atoms with Gasteiger partial charge in [-0.05, 0) is 6.07 Å². The molecule has 0 N–H and O–H groups in total. The third-order valence-electron chi connectivity index (χ3n) is 1.40. The average Bonchev–Trinajstić information content (AvgIpc) is 2.09. The zero-order valence-corrected chi connectivity index (χ0v) is 10.9. The van der Waals surface area contributed by atoms with Gasteiger partial charge in [0, 0.05) is 16.9 Å². The number of thioether (sulfide) groups is 1. The van der Waals surface area contributed by atoms with E-state index in [0.717, 1.165) is 0 Å². The Kier molecular flexibility index (Phi) is 4.64. The van der Waals surface area contributed by atoms with Crippen molar-refractivity contribution in [3.05, 3.63) is 16.4 Å². The van der Waals surface area contributed by atoms with Crippen LogP contribution in [0.15, 0.2) is 11.0 Å². The van der Waals surface area contributed by atoms with Gasteiger partial charge in [-0.2, -0.15) is 0 Å². The van der Waals surface area contributed by atoms with E-state index in [-0.39, 0.29) is 16.1 Å². The van der Waals surface area contributed by atoms with E-state index < -0.39 is 9.84 Å². The number of hydrogen-bond acceptors (Lipinski definition) is 5. The molecule has 0 amide bonds. The second-order valence-corrected chi connectivity index (χ2v) is 6.94. The lowest BCUT2D eigenvalue weighted by atomic mass is 10.6. The predicted octanol–water partition coefficient (Wildman–Crippen LogP) is 1.92. The average molecular weight is 287 g/mol. The Morgan fingerprint density at radius 2 is 2.07 bits per heavy atom. The van der Waals surface area contributed by atoms with Crippen molar-refractivity contribution < 1.29 is 8.42 Å². The minimum absolute atomic E-state index is 0.0912. The number of aromatic nitrogens is 2. The molecule has 0 saturated heterocycles. The van der Waals surface area contributed by atoms with E-state index in [2.05, 4.69) is 10.2 Å². The molecule has 1 aromatic rings. The van der Waals surface area contributed by atoms with Crippen LogP contribution in [-0.2, 0) is 9.84 Å². The topological polar surface area (TPSA) is 59.9 Å². The molecule has 84 valence electrons. The summed E-state index contributed by atoms with van der Waals surface area (Å²) in [6, 6.07) is 1.56. The molecule has 1 rings (SSSR count). The molecule has 0 spiro atoms. The third kappa shape index (κ3) is 5.01. The summed E-state index contributed by atoms with van der Waals surface area (Å²) in [6.07, 6.45) is 1.19. The zero-order chi connectivity index (χ0) is 11.5. The molecule has 0 aliphatic heterocycles. The highest BCUT2D eigenvalue weighted by molar-refractivity contribution is 8.00. The number of hydrogen-bond donors (Lipinski definition) is 0. The molecule has 0 atom stereocenters. The van der Waals surface area contributed by atoms with Gasteiger partial charge in [0.2, 0.25) is 0 Å². The van der Waals surface area contributed by atoms with E-state index >= 15 is 0 Å². The summed E-state index contributed by atoms with van der Waals surface area (Å²) >= 11 is 12.7. The fourth-order valence-corrected chi connectivity index (χ4v) is 3.33. The Bertz CT molecular complexity index is 450. The van der Waals surface area contributed by atoms with Crippen LogP contribution in [0.1, 0.15) is 0 Å². The van der Waals surface area contributed by atoms with Crippen LogP contribution in [0.25, 0.3) is 0 Å². The fraction of sp³-hybridized carbons (Fsp3) is 0.429. The minimum atomic E-state index is -2.95. The molecule has 15 heavy (non-hydrogen) atoms. The van der Waals surface area contributed by atoms with Crippen LogP contribution in [-0.4, -0.2) is 36.4 Å². The van der Waals surface area contributed by atoms with Crippen molar-refractivity contribution in [2.45, 2.75) is 4.90 Å². The molecule has 0 aliphatic rings. The van der Waals surface area contributed by atoms with E-state index in [0.29, 0.717) is 10.6 Å². The van der Waals surface area contributed by atoms with Crippen LogP contribution in [0, 0.1) is 0 Å². The van der Waals surface area contributed by atoms with E-state index in [1.807, 2.05) is 0 Å². The van der Waals surface area contributed by atoms with Gasteiger partial charge < -0.3 is 0 Å². The first-order valence-corrected chi connectivity index (χ1v) is 7.68. The van der Waals surface area contributed by atoms with Crippen molar-refractivity contribution in [2.24, 2.45) is 0 Å². The number of sulfone groups is 1. The van der Waals surface area contributed by atoms with Crippen molar-refractivity contribution in [3.8, 4) is 0 Å². The van der Waals surface area contributed by atoms with E-state index in [1.54, 1.807) is 6.07 Å². The molecule has 8 heteroatoms. The lowest BCUT2D eigenvalue weighted by molar-refractivity contribution is 0.603. The number of rotatable bonds is 4. The van der Waals surface area contributed by atoms with Crippen molar-refractivity contribution in [1.29, 1.82) is 0 Å². The van der Waals surface area contributed by atoms with Crippen molar-refractivity contribution in [3.63, 3.8) is 0 Å². The van der Waals surface area contributed by atoms with Crippen molar-refractivity contribution in [2.75, 3.05) is 17.8 Å². The second-order valence-electron chi connectivity index (χ2n) is 2.80. The summed E-state index contributed by atoms with van der Waals surface area (Å²) in [5.41, 5.74) is 0. The molecule has 0 fully saturated rings. The summed E-state index contributed by atoms with van der Waals surface area (Å²) in [7, 11) is -2.95. The Hall–Kier alpha value is -0.0400. The molecule has 1 aromatic heterocycles. The molecular weight excluding hydrogens is 279 g/mol. The van der Waals surface area contributed by atoms with Gasteiger partial charge >= 0.3 is 0 Å². The lowest BCUT2D eigenvalue weighted by Gasteiger charge is -2.02. The van der Waals surface area contributed by atoms with Gasteiger partial charge in [-0.25, -0.2) is 8.42 Å². The SMILES string of the molecule is CS(=O)(=O)CCSc1cc(Cl)nnc1Cl. The molecule has 0 saturated carbocycles. The van der Waals surface area contributed by atoms with Gasteiger partial charge in [0.15, 0.2) is 10.3 Å². The van der Waals surface area contributed by atoms with E-state index in [9.17, 15) is 8.42 Å². The maximum Gasteiger partial charge on any atom is 0.165 e. The molecule has 0 aromatic carbocycles. The first-order valence-electron chi connectivity index (χ1n) is 3.88. The Labute approximate surface area is 102 Å². The number of nitrogens with zero attached hydrogens (tertiary/aromatic N) is 2. The quantitative estimate of drug-likeness (QED) is 0.792. The number of halogens is 2. The fourth-order valence-electron chi connectivity index (χ4n) is 0.742. The summed E-state index contributed by atoms with van der Waals surface area (Å²) in [4.78, 5) is 0.639. The minimum Gasteiger partial charge on any atom is -0.229 e. The van der Waals surface area contributed by atoms with Crippen LogP contribution in [0.2, 0.25) is 10.3 Å². The molecule has 0 unspecified atom stereocenters. The summed E-state index contributed by atoms with van der Waals surface area (Å²) < 4.78 is 21.7. The molecule has 1 heterocycles. The van der Waals surface area contributed by atoms with Gasteiger partial charge in [0.25, 0.3) is 0 Å². The second kappa shape index (κ2) is 5.34. The Morgan fingerprint density at radius 1 is 1.40 bits per heavy atom. The molecule has 0 bridgehead atoms. The van der Waals surface area contributed by atoms with Crippen LogP contribution < -0.4 is 0 Å². The third-order valence-corrected chi connectivity index (χ3v) is 4.21. The Morgan fingerprint density at radius 3 is 2.67 bits per heavy atom. The summed E-state index contributed by atoms with van der Waals surface area (Å²) in [5, 5.41) is 7.63. The normalized spacial score (nSPS) is 11.7. The van der Waals surface area contributed by atoms with Gasteiger partial charge in [0.1, 0.15) is 9.84 Å². The molecular formula is C7H8Cl2N2O2S2. The van der Waals surface area contributed by atoms with Crippen LogP contribution in [0.3, 0.4) is 0 Å². The molecule has 0 radical (unpaired) electrons. The van der Waals surface area contributed by atoms with Crippen LogP contribution in [0.4, 0.5) is 0 Å². The lowest BCUT2D eigenvalue weighted by Crippen LogP contribution is -2.05. The summed E-state index contributed by atoms with van der Waals surface area (Å²) in [6.45, 7) is 0. The Balaban J connectivity index is 2.61. The van der Waals surface area contributed by atoms with Gasteiger partial charge in [-0.1, -0.05) is 23.2 Å². The van der Waals surface area contributed by atoms with Crippen molar-refractivity contribution in [1.82, 2.24) is 10.2 Å². The molecule has 0 aliphatic carbocycles. The van der Waals surface area contributed by atoms with Gasteiger partial charge in [-0.3, -0.25) is 0 Å². The van der Waals surface area contributed by atoms with E-state index in [4.69, 9.17) is 23.2 Å². The van der Waals surface area contributed by atoms with Crippen LogP contribution >= 0.6 is 35.0 Å². The largest absolute Gasteiger partial charge is 0.229 e. The zero-order valence-electron chi connectivity index (χ0n) is 7.77. The van der Waals surface area contributed by atoms with Crippen molar-refractivity contribution >= 4 is 44.8 Å².